The van der Waals surface area contributed by atoms with Crippen LogP contribution in [0.25, 0.3) is 0 Å². The fourth-order valence-corrected chi connectivity index (χ4v) is 1.30. The van der Waals surface area contributed by atoms with E-state index < -0.39 is 0 Å². The van der Waals surface area contributed by atoms with Crippen molar-refractivity contribution in [1.82, 2.24) is 5.32 Å². The molecule has 0 aliphatic heterocycles. The number of hydrogen-bond acceptors (Lipinski definition) is 4. The second-order valence-electron chi connectivity index (χ2n) is 3.74. The normalized spacial score (nSPS) is 14.5. The highest BCUT2D eigenvalue weighted by molar-refractivity contribution is 5.75. The largest absolute Gasteiger partial charge is 0.465 e. The van der Waals surface area contributed by atoms with Gasteiger partial charge in [-0.15, -0.1) is 0 Å². The van der Waals surface area contributed by atoms with Gasteiger partial charge in [-0.1, -0.05) is 13.8 Å². The minimum Gasteiger partial charge on any atom is -0.465 e. The molecule has 4 nitrogen and oxygen atoms in total. The highest BCUT2D eigenvalue weighted by Gasteiger charge is 2.18. The highest BCUT2D eigenvalue weighted by atomic mass is 16.5. The van der Waals surface area contributed by atoms with Crippen LogP contribution in [0.3, 0.4) is 0 Å². The van der Waals surface area contributed by atoms with E-state index in [1.165, 1.54) is 0 Å². The van der Waals surface area contributed by atoms with Crippen molar-refractivity contribution in [2.24, 2.45) is 0 Å². The summed E-state index contributed by atoms with van der Waals surface area (Å²) in [5.74, 6) is -0.183. The number of hydrogen-bond donors (Lipinski definition) is 1. The summed E-state index contributed by atoms with van der Waals surface area (Å²) in [5, 5.41) is 3.10. The zero-order chi connectivity index (χ0) is 12.4. The summed E-state index contributed by atoms with van der Waals surface area (Å²) in [6, 6.07) is -0.242. The topological polar surface area (TPSA) is 47.6 Å². The van der Waals surface area contributed by atoms with Gasteiger partial charge in [-0.25, -0.2) is 0 Å². The van der Waals surface area contributed by atoms with E-state index in [-0.39, 0.29) is 18.1 Å². The van der Waals surface area contributed by atoms with Crippen LogP contribution in [0.2, 0.25) is 0 Å². The predicted molar refractivity (Wildman–Crippen MR) is 64.4 cm³/mol. The van der Waals surface area contributed by atoms with E-state index in [4.69, 9.17) is 9.47 Å². The van der Waals surface area contributed by atoms with Gasteiger partial charge in [0, 0.05) is 6.61 Å². The molecule has 0 aromatic rings. The molecule has 0 fully saturated rings. The molecule has 0 spiro atoms. The molecule has 2 unspecified atom stereocenters. The van der Waals surface area contributed by atoms with Gasteiger partial charge in [-0.2, -0.15) is 0 Å². The van der Waals surface area contributed by atoms with E-state index in [2.05, 4.69) is 12.2 Å². The Hall–Kier alpha value is -0.610. The molecule has 0 aromatic heterocycles. The van der Waals surface area contributed by atoms with Crippen molar-refractivity contribution in [3.05, 3.63) is 0 Å². The molecule has 0 rings (SSSR count). The Morgan fingerprint density at radius 3 is 2.50 bits per heavy atom. The predicted octanol–water partition coefficient (Wildman–Crippen LogP) is 1.73. The Labute approximate surface area is 98.7 Å². The van der Waals surface area contributed by atoms with Gasteiger partial charge in [0.05, 0.1) is 12.7 Å². The minimum absolute atomic E-state index is 0.183. The van der Waals surface area contributed by atoms with Crippen molar-refractivity contribution >= 4 is 5.97 Å². The lowest BCUT2D eigenvalue weighted by atomic mass is 10.2. The van der Waals surface area contributed by atoms with Crippen molar-refractivity contribution in [3.8, 4) is 0 Å². The maximum absolute atomic E-state index is 11.5. The van der Waals surface area contributed by atoms with Crippen molar-refractivity contribution in [3.63, 3.8) is 0 Å². The summed E-state index contributed by atoms with van der Waals surface area (Å²) in [6.45, 7) is 9.67. The number of ether oxygens (including phenoxy) is 2. The molecule has 0 aromatic carbocycles. The SMILES string of the molecule is CCNC(CCOC(C)CC)C(=O)OCC. The average Bonchev–Trinajstić information content (AvgIpc) is 2.28. The zero-order valence-electron chi connectivity index (χ0n) is 10.9. The lowest BCUT2D eigenvalue weighted by Crippen LogP contribution is -2.39. The lowest BCUT2D eigenvalue weighted by Gasteiger charge is -2.17. The summed E-state index contributed by atoms with van der Waals surface area (Å²) < 4.78 is 10.5. The van der Waals surface area contributed by atoms with Crippen molar-refractivity contribution in [2.75, 3.05) is 19.8 Å². The molecule has 0 heterocycles. The Balaban J connectivity index is 3.88. The fourth-order valence-electron chi connectivity index (χ4n) is 1.30. The Morgan fingerprint density at radius 1 is 1.31 bits per heavy atom. The van der Waals surface area contributed by atoms with Gasteiger partial charge in [-0.3, -0.25) is 4.79 Å². The molecule has 2 atom stereocenters. The molecule has 1 N–H and O–H groups in total. The average molecular weight is 231 g/mol. The van der Waals surface area contributed by atoms with Gasteiger partial charge in [0.1, 0.15) is 6.04 Å². The summed E-state index contributed by atoms with van der Waals surface area (Å²) >= 11 is 0. The second kappa shape index (κ2) is 9.60. The molecule has 0 bridgehead atoms. The van der Waals surface area contributed by atoms with E-state index in [1.54, 1.807) is 0 Å². The Kier molecular flexibility index (Phi) is 9.24. The third-order valence-electron chi connectivity index (χ3n) is 2.41. The first kappa shape index (κ1) is 15.4. The zero-order valence-corrected chi connectivity index (χ0v) is 10.9. The van der Waals surface area contributed by atoms with Crippen LogP contribution >= 0.6 is 0 Å². The molecule has 0 radical (unpaired) electrons. The first-order valence-corrected chi connectivity index (χ1v) is 6.17. The van der Waals surface area contributed by atoms with Crippen LogP contribution in [0.1, 0.15) is 40.5 Å². The number of nitrogens with one attached hydrogen (secondary N) is 1. The molecule has 96 valence electrons. The number of carbonyl (C=O) groups is 1. The second-order valence-corrected chi connectivity index (χ2v) is 3.74. The first-order valence-electron chi connectivity index (χ1n) is 6.17. The fraction of sp³-hybridized carbons (Fsp3) is 0.917. The van der Waals surface area contributed by atoms with Crippen LogP contribution in [0.4, 0.5) is 0 Å². The van der Waals surface area contributed by atoms with Crippen LogP contribution in [-0.4, -0.2) is 37.9 Å². The Bertz CT molecular complexity index is 185. The number of esters is 1. The van der Waals surface area contributed by atoms with E-state index >= 15 is 0 Å². The molecular weight excluding hydrogens is 206 g/mol. The molecule has 0 saturated carbocycles. The molecule has 0 aliphatic rings. The van der Waals surface area contributed by atoms with Crippen LogP contribution < -0.4 is 5.32 Å². The van der Waals surface area contributed by atoms with Crippen LogP contribution in [-0.2, 0) is 14.3 Å². The molecule has 0 saturated heterocycles. The van der Waals surface area contributed by atoms with E-state index in [0.717, 1.165) is 13.0 Å². The maximum Gasteiger partial charge on any atom is 0.323 e. The van der Waals surface area contributed by atoms with E-state index in [9.17, 15) is 4.79 Å². The van der Waals surface area contributed by atoms with Crippen molar-refractivity contribution in [1.29, 1.82) is 0 Å². The van der Waals surface area contributed by atoms with Gasteiger partial charge in [0.2, 0.25) is 0 Å². The Morgan fingerprint density at radius 2 is 2.00 bits per heavy atom. The maximum atomic E-state index is 11.5. The third-order valence-corrected chi connectivity index (χ3v) is 2.41. The molecule has 16 heavy (non-hydrogen) atoms. The van der Waals surface area contributed by atoms with Crippen molar-refractivity contribution < 1.29 is 14.3 Å². The van der Waals surface area contributed by atoms with Crippen molar-refractivity contribution in [2.45, 2.75) is 52.7 Å². The summed E-state index contributed by atoms with van der Waals surface area (Å²) in [6.07, 6.45) is 1.91. The van der Waals surface area contributed by atoms with Gasteiger partial charge >= 0.3 is 5.97 Å². The number of carbonyl (C=O) groups excluding carboxylic acids is 1. The highest BCUT2D eigenvalue weighted by Crippen LogP contribution is 2.01. The molecule has 0 amide bonds. The van der Waals surface area contributed by atoms with Gasteiger partial charge < -0.3 is 14.8 Å². The van der Waals surface area contributed by atoms with E-state index in [0.29, 0.717) is 19.6 Å². The van der Waals surface area contributed by atoms with Crippen LogP contribution in [0.5, 0.6) is 0 Å². The van der Waals surface area contributed by atoms with E-state index in [1.807, 2.05) is 20.8 Å². The summed E-state index contributed by atoms with van der Waals surface area (Å²) in [5.41, 5.74) is 0. The minimum atomic E-state index is -0.242. The third kappa shape index (κ3) is 6.80. The number of rotatable bonds is 9. The standard InChI is InChI=1S/C12H25NO3/c1-5-10(4)16-9-8-11(13-6-2)12(14)15-7-3/h10-11,13H,5-9H2,1-4H3. The quantitative estimate of drug-likeness (QED) is 0.614. The van der Waals surface area contributed by atoms with Crippen LogP contribution in [0, 0.1) is 0 Å². The smallest absolute Gasteiger partial charge is 0.323 e. The lowest BCUT2D eigenvalue weighted by molar-refractivity contribution is -0.146. The summed E-state index contributed by atoms with van der Waals surface area (Å²) in [7, 11) is 0. The molecular formula is C12H25NO3. The monoisotopic (exact) mass is 231 g/mol. The van der Waals surface area contributed by atoms with Gasteiger partial charge in [0.15, 0.2) is 0 Å². The first-order chi connectivity index (χ1) is 7.65. The summed E-state index contributed by atoms with van der Waals surface area (Å²) in [4.78, 5) is 11.5. The molecule has 0 aliphatic carbocycles. The number of likely N-dealkylation sites (N-methyl/N-ethyl adjacent to an activating group) is 1. The van der Waals surface area contributed by atoms with Gasteiger partial charge in [0.25, 0.3) is 0 Å². The molecule has 4 heteroatoms. The van der Waals surface area contributed by atoms with Crippen LogP contribution in [0.15, 0.2) is 0 Å². The van der Waals surface area contributed by atoms with Gasteiger partial charge in [-0.05, 0) is 33.2 Å².